The third-order valence-electron chi connectivity index (χ3n) is 2.08. The summed E-state index contributed by atoms with van der Waals surface area (Å²) in [4.78, 5) is 5.97. The SMILES string of the molecule is CN(C)c1ccccc1-c1cnco1. The Kier molecular flexibility index (Phi) is 2.23. The molecule has 0 aliphatic carbocycles. The minimum atomic E-state index is 0.800. The van der Waals surface area contributed by atoms with Gasteiger partial charge in [-0.3, -0.25) is 0 Å². The van der Waals surface area contributed by atoms with E-state index in [1.807, 2.05) is 32.3 Å². The maximum Gasteiger partial charge on any atom is 0.181 e. The number of aromatic nitrogens is 1. The van der Waals surface area contributed by atoms with Crippen molar-refractivity contribution < 1.29 is 4.42 Å². The largest absolute Gasteiger partial charge is 0.443 e. The predicted molar refractivity (Wildman–Crippen MR) is 56.3 cm³/mol. The molecule has 0 atom stereocenters. The number of oxazole rings is 1. The van der Waals surface area contributed by atoms with Crippen molar-refractivity contribution in [2.45, 2.75) is 0 Å². The molecule has 14 heavy (non-hydrogen) atoms. The molecule has 0 aliphatic rings. The lowest BCUT2D eigenvalue weighted by Gasteiger charge is -2.15. The molecule has 0 radical (unpaired) electrons. The van der Waals surface area contributed by atoms with Gasteiger partial charge in [-0.15, -0.1) is 0 Å². The molecule has 0 saturated heterocycles. The zero-order chi connectivity index (χ0) is 9.97. The van der Waals surface area contributed by atoms with E-state index in [0.29, 0.717) is 0 Å². The highest BCUT2D eigenvalue weighted by molar-refractivity contribution is 5.74. The molecule has 0 saturated carbocycles. The summed E-state index contributed by atoms with van der Waals surface area (Å²) < 4.78 is 5.27. The second-order valence-corrected chi connectivity index (χ2v) is 3.28. The van der Waals surface area contributed by atoms with Gasteiger partial charge in [0, 0.05) is 25.3 Å². The van der Waals surface area contributed by atoms with E-state index in [4.69, 9.17) is 4.42 Å². The number of benzene rings is 1. The van der Waals surface area contributed by atoms with Gasteiger partial charge in [-0.1, -0.05) is 12.1 Å². The first-order chi connectivity index (χ1) is 6.79. The lowest BCUT2D eigenvalue weighted by molar-refractivity contribution is 0.572. The Morgan fingerprint density at radius 3 is 2.64 bits per heavy atom. The molecule has 0 bridgehead atoms. The number of anilines is 1. The van der Waals surface area contributed by atoms with E-state index in [9.17, 15) is 0 Å². The molecule has 3 heteroatoms. The van der Waals surface area contributed by atoms with E-state index in [1.54, 1.807) is 6.20 Å². The Labute approximate surface area is 83.0 Å². The van der Waals surface area contributed by atoms with Crippen molar-refractivity contribution in [1.29, 1.82) is 0 Å². The molecule has 0 amide bonds. The first-order valence-electron chi connectivity index (χ1n) is 4.44. The predicted octanol–water partition coefficient (Wildman–Crippen LogP) is 2.41. The number of hydrogen-bond acceptors (Lipinski definition) is 3. The minimum absolute atomic E-state index is 0.800. The summed E-state index contributed by atoms with van der Waals surface area (Å²) in [5, 5.41) is 0. The first-order valence-corrected chi connectivity index (χ1v) is 4.44. The van der Waals surface area contributed by atoms with Gasteiger partial charge in [-0.25, -0.2) is 4.98 Å². The Balaban J connectivity index is 2.53. The van der Waals surface area contributed by atoms with Crippen LogP contribution in [-0.2, 0) is 0 Å². The Morgan fingerprint density at radius 2 is 2.00 bits per heavy atom. The molecule has 0 aliphatic heterocycles. The molecule has 1 aromatic carbocycles. The van der Waals surface area contributed by atoms with Gasteiger partial charge in [0.25, 0.3) is 0 Å². The van der Waals surface area contributed by atoms with Crippen molar-refractivity contribution >= 4 is 5.69 Å². The molecule has 2 rings (SSSR count). The summed E-state index contributed by atoms with van der Waals surface area (Å²) in [6, 6.07) is 8.08. The Hall–Kier alpha value is -1.77. The molecule has 0 fully saturated rings. The van der Waals surface area contributed by atoms with Crippen molar-refractivity contribution in [3.63, 3.8) is 0 Å². The molecule has 3 nitrogen and oxygen atoms in total. The van der Waals surface area contributed by atoms with Gasteiger partial charge in [0.2, 0.25) is 0 Å². The summed E-state index contributed by atoms with van der Waals surface area (Å²) >= 11 is 0. The fourth-order valence-electron chi connectivity index (χ4n) is 1.42. The summed E-state index contributed by atoms with van der Waals surface area (Å²) in [6.45, 7) is 0. The van der Waals surface area contributed by atoms with Crippen LogP contribution < -0.4 is 4.90 Å². The maximum atomic E-state index is 5.27. The quantitative estimate of drug-likeness (QED) is 0.724. The molecule has 1 aromatic heterocycles. The average Bonchev–Trinajstić information content (AvgIpc) is 2.70. The second kappa shape index (κ2) is 3.54. The van der Waals surface area contributed by atoms with Crippen LogP contribution in [0, 0.1) is 0 Å². The van der Waals surface area contributed by atoms with Gasteiger partial charge in [0.1, 0.15) is 0 Å². The minimum Gasteiger partial charge on any atom is -0.443 e. The van der Waals surface area contributed by atoms with Crippen molar-refractivity contribution in [2.75, 3.05) is 19.0 Å². The number of nitrogens with zero attached hydrogens (tertiary/aromatic N) is 2. The van der Waals surface area contributed by atoms with Gasteiger partial charge in [-0.05, 0) is 12.1 Å². The summed E-state index contributed by atoms with van der Waals surface area (Å²) in [5.74, 6) is 0.800. The van der Waals surface area contributed by atoms with Gasteiger partial charge < -0.3 is 9.32 Å². The second-order valence-electron chi connectivity index (χ2n) is 3.28. The molecule has 1 heterocycles. The first kappa shape index (κ1) is 8.81. The standard InChI is InChI=1S/C11H12N2O/c1-13(2)10-6-4-3-5-9(10)11-7-12-8-14-11/h3-8H,1-2H3. The topological polar surface area (TPSA) is 29.3 Å². The van der Waals surface area contributed by atoms with E-state index < -0.39 is 0 Å². The average molecular weight is 188 g/mol. The lowest BCUT2D eigenvalue weighted by Crippen LogP contribution is -2.09. The number of rotatable bonds is 2. The third kappa shape index (κ3) is 1.48. The highest BCUT2D eigenvalue weighted by Crippen LogP contribution is 2.28. The van der Waals surface area contributed by atoms with E-state index in [-0.39, 0.29) is 0 Å². The summed E-state index contributed by atoms with van der Waals surface area (Å²) in [7, 11) is 4.02. The van der Waals surface area contributed by atoms with Crippen LogP contribution in [0.2, 0.25) is 0 Å². The van der Waals surface area contributed by atoms with Crippen LogP contribution >= 0.6 is 0 Å². The lowest BCUT2D eigenvalue weighted by atomic mass is 10.1. The number of para-hydroxylation sites is 1. The van der Waals surface area contributed by atoms with Crippen molar-refractivity contribution in [2.24, 2.45) is 0 Å². The van der Waals surface area contributed by atoms with Crippen molar-refractivity contribution in [3.8, 4) is 11.3 Å². The van der Waals surface area contributed by atoms with Crippen molar-refractivity contribution in [3.05, 3.63) is 36.9 Å². The van der Waals surface area contributed by atoms with Gasteiger partial charge in [0.05, 0.1) is 6.20 Å². The highest BCUT2D eigenvalue weighted by atomic mass is 16.3. The van der Waals surface area contributed by atoms with Crippen LogP contribution in [0.3, 0.4) is 0 Å². The molecular formula is C11H12N2O. The zero-order valence-electron chi connectivity index (χ0n) is 8.27. The van der Waals surface area contributed by atoms with Crippen molar-refractivity contribution in [1.82, 2.24) is 4.98 Å². The van der Waals surface area contributed by atoms with Crippen LogP contribution in [-0.4, -0.2) is 19.1 Å². The fraction of sp³-hybridized carbons (Fsp3) is 0.182. The smallest absolute Gasteiger partial charge is 0.181 e. The van der Waals surface area contributed by atoms with Gasteiger partial charge in [-0.2, -0.15) is 0 Å². The molecule has 0 N–H and O–H groups in total. The molecule has 72 valence electrons. The molecular weight excluding hydrogens is 176 g/mol. The monoisotopic (exact) mass is 188 g/mol. The van der Waals surface area contributed by atoms with E-state index in [2.05, 4.69) is 16.0 Å². The normalized spacial score (nSPS) is 10.1. The number of hydrogen-bond donors (Lipinski definition) is 0. The van der Waals surface area contributed by atoms with Gasteiger partial charge >= 0.3 is 0 Å². The molecule has 0 spiro atoms. The van der Waals surface area contributed by atoms with Crippen LogP contribution in [0.1, 0.15) is 0 Å². The Bertz CT molecular complexity index is 407. The van der Waals surface area contributed by atoms with Crippen LogP contribution in [0.5, 0.6) is 0 Å². The molecule has 0 unspecified atom stereocenters. The van der Waals surface area contributed by atoms with Gasteiger partial charge in [0.15, 0.2) is 12.2 Å². The zero-order valence-corrected chi connectivity index (χ0v) is 8.27. The third-order valence-corrected chi connectivity index (χ3v) is 2.08. The summed E-state index contributed by atoms with van der Waals surface area (Å²) in [5.41, 5.74) is 2.19. The highest BCUT2D eigenvalue weighted by Gasteiger charge is 2.07. The Morgan fingerprint density at radius 1 is 1.21 bits per heavy atom. The van der Waals surface area contributed by atoms with Crippen LogP contribution in [0.25, 0.3) is 11.3 Å². The van der Waals surface area contributed by atoms with Crippen LogP contribution in [0.15, 0.2) is 41.3 Å². The van der Waals surface area contributed by atoms with E-state index >= 15 is 0 Å². The van der Waals surface area contributed by atoms with Crippen LogP contribution in [0.4, 0.5) is 5.69 Å². The fourth-order valence-corrected chi connectivity index (χ4v) is 1.42. The van der Waals surface area contributed by atoms with E-state index in [1.165, 1.54) is 6.39 Å². The molecule has 2 aromatic rings. The summed E-state index contributed by atoms with van der Waals surface area (Å²) in [6.07, 6.45) is 3.17. The maximum absolute atomic E-state index is 5.27. The van der Waals surface area contributed by atoms with E-state index in [0.717, 1.165) is 17.0 Å².